The lowest BCUT2D eigenvalue weighted by Crippen LogP contribution is -2.22. The van der Waals surface area contributed by atoms with E-state index in [4.69, 9.17) is 4.74 Å². The molecule has 2 aliphatic rings. The summed E-state index contributed by atoms with van der Waals surface area (Å²) in [6.07, 6.45) is 3.32. The van der Waals surface area contributed by atoms with Gasteiger partial charge in [0, 0.05) is 10.8 Å². The Morgan fingerprint density at radius 1 is 1.24 bits per heavy atom. The molecule has 1 aromatic heterocycles. The van der Waals surface area contributed by atoms with Crippen LogP contribution < -0.4 is 5.32 Å². The van der Waals surface area contributed by atoms with E-state index in [1.807, 2.05) is 13.8 Å². The molecule has 4 nitrogen and oxygen atoms in total. The van der Waals surface area contributed by atoms with Crippen molar-refractivity contribution >= 4 is 28.2 Å². The van der Waals surface area contributed by atoms with Crippen LogP contribution in [0.2, 0.25) is 0 Å². The van der Waals surface area contributed by atoms with Gasteiger partial charge in [0.05, 0.1) is 12.2 Å². The average molecular weight is 307 g/mol. The predicted molar refractivity (Wildman–Crippen MR) is 82.7 cm³/mol. The number of rotatable bonds is 4. The first-order valence-electron chi connectivity index (χ1n) is 7.59. The second-order valence-corrected chi connectivity index (χ2v) is 7.35. The summed E-state index contributed by atoms with van der Waals surface area (Å²) in [5, 5.41) is 3.62. The lowest BCUT2D eigenvalue weighted by molar-refractivity contribution is -0.119. The molecule has 1 N–H and O–H groups in total. The number of anilines is 1. The second-order valence-electron chi connectivity index (χ2n) is 6.12. The SMILES string of the molecule is CCOC(=O)c1c(NC(=O)C2CC3CC3C2)sc(C)c1C. The van der Waals surface area contributed by atoms with Gasteiger partial charge in [0.2, 0.25) is 5.91 Å². The molecule has 114 valence electrons. The van der Waals surface area contributed by atoms with Crippen molar-refractivity contribution in [2.24, 2.45) is 17.8 Å². The van der Waals surface area contributed by atoms with Gasteiger partial charge < -0.3 is 10.1 Å². The minimum absolute atomic E-state index is 0.0639. The highest BCUT2D eigenvalue weighted by atomic mass is 32.1. The van der Waals surface area contributed by atoms with Crippen molar-refractivity contribution < 1.29 is 14.3 Å². The van der Waals surface area contributed by atoms with Crippen molar-refractivity contribution in [3.63, 3.8) is 0 Å². The molecule has 5 heteroatoms. The van der Waals surface area contributed by atoms with Gasteiger partial charge in [-0.25, -0.2) is 4.79 Å². The van der Waals surface area contributed by atoms with Crippen molar-refractivity contribution in [2.75, 3.05) is 11.9 Å². The van der Waals surface area contributed by atoms with Crippen molar-refractivity contribution in [2.45, 2.75) is 40.0 Å². The van der Waals surface area contributed by atoms with E-state index in [-0.39, 0.29) is 17.8 Å². The molecule has 0 aromatic carbocycles. The fourth-order valence-corrected chi connectivity index (χ4v) is 4.36. The molecule has 21 heavy (non-hydrogen) atoms. The molecule has 2 fully saturated rings. The summed E-state index contributed by atoms with van der Waals surface area (Å²) in [4.78, 5) is 25.5. The molecule has 2 unspecified atom stereocenters. The second kappa shape index (κ2) is 5.44. The Bertz CT molecular complexity index is 583. The third-order valence-corrected chi connectivity index (χ3v) is 5.84. The topological polar surface area (TPSA) is 55.4 Å². The van der Waals surface area contributed by atoms with Crippen LogP contribution in [-0.2, 0) is 9.53 Å². The molecule has 0 aliphatic heterocycles. The lowest BCUT2D eigenvalue weighted by Gasteiger charge is -2.12. The molecule has 3 rings (SSSR count). The number of fused-ring (bicyclic) bond motifs is 1. The summed E-state index contributed by atoms with van der Waals surface area (Å²) in [6.45, 7) is 5.99. The van der Waals surface area contributed by atoms with Gasteiger partial charge in [0.1, 0.15) is 5.00 Å². The van der Waals surface area contributed by atoms with Crippen LogP contribution in [0.4, 0.5) is 5.00 Å². The number of aryl methyl sites for hydroxylation is 1. The van der Waals surface area contributed by atoms with E-state index >= 15 is 0 Å². The van der Waals surface area contributed by atoms with Crippen LogP contribution in [0.3, 0.4) is 0 Å². The summed E-state index contributed by atoms with van der Waals surface area (Å²) < 4.78 is 5.11. The highest BCUT2D eigenvalue weighted by Crippen LogP contribution is 2.54. The average Bonchev–Trinajstić information content (AvgIpc) is 2.93. The predicted octanol–water partition coefficient (Wildman–Crippen LogP) is 3.53. The molecular weight excluding hydrogens is 286 g/mol. The van der Waals surface area contributed by atoms with Crippen molar-refractivity contribution in [3.05, 3.63) is 16.0 Å². The van der Waals surface area contributed by atoms with Gasteiger partial charge in [0.15, 0.2) is 0 Å². The summed E-state index contributed by atoms with van der Waals surface area (Å²) in [5.74, 6) is 1.39. The number of ether oxygens (including phenoxy) is 1. The van der Waals surface area contributed by atoms with E-state index in [1.165, 1.54) is 17.8 Å². The van der Waals surface area contributed by atoms with Crippen LogP contribution in [0.15, 0.2) is 0 Å². The number of esters is 1. The largest absolute Gasteiger partial charge is 0.462 e. The number of hydrogen-bond donors (Lipinski definition) is 1. The van der Waals surface area contributed by atoms with Gasteiger partial charge in [-0.1, -0.05) is 0 Å². The van der Waals surface area contributed by atoms with Crippen LogP contribution in [-0.4, -0.2) is 18.5 Å². The molecule has 0 bridgehead atoms. The van der Waals surface area contributed by atoms with Gasteiger partial charge in [-0.05, 0) is 57.4 Å². The summed E-state index contributed by atoms with van der Waals surface area (Å²) in [7, 11) is 0. The van der Waals surface area contributed by atoms with Gasteiger partial charge in [-0.2, -0.15) is 0 Å². The maximum absolute atomic E-state index is 12.4. The Kier molecular flexibility index (Phi) is 3.78. The number of nitrogens with one attached hydrogen (secondary N) is 1. The third-order valence-electron chi connectivity index (χ3n) is 4.72. The number of amides is 1. The molecule has 2 aliphatic carbocycles. The summed E-state index contributed by atoms with van der Waals surface area (Å²) in [6, 6.07) is 0. The molecule has 1 amide bonds. The first-order chi connectivity index (χ1) is 10.0. The molecule has 2 saturated carbocycles. The van der Waals surface area contributed by atoms with Crippen molar-refractivity contribution in [1.82, 2.24) is 0 Å². The van der Waals surface area contributed by atoms with Crippen LogP contribution in [0.1, 0.15) is 47.0 Å². The highest BCUT2D eigenvalue weighted by Gasteiger charge is 2.48. The van der Waals surface area contributed by atoms with E-state index < -0.39 is 0 Å². The Morgan fingerprint density at radius 3 is 2.52 bits per heavy atom. The van der Waals surface area contributed by atoms with Gasteiger partial charge in [-0.3, -0.25) is 4.79 Å². The Hall–Kier alpha value is -1.36. The number of thiophene rings is 1. The van der Waals surface area contributed by atoms with E-state index in [9.17, 15) is 9.59 Å². The number of carbonyl (C=O) groups is 2. The van der Waals surface area contributed by atoms with Gasteiger partial charge in [0.25, 0.3) is 0 Å². The standard InChI is InChI=1S/C16H21NO3S/c1-4-20-16(19)13-8(2)9(3)21-15(13)17-14(18)12-6-10-5-11(10)7-12/h10-12H,4-7H2,1-3H3,(H,17,18). The van der Waals surface area contributed by atoms with Crippen LogP contribution in [0.25, 0.3) is 0 Å². The van der Waals surface area contributed by atoms with Crippen molar-refractivity contribution in [3.8, 4) is 0 Å². The Morgan fingerprint density at radius 2 is 1.90 bits per heavy atom. The van der Waals surface area contributed by atoms with Gasteiger partial charge in [-0.15, -0.1) is 11.3 Å². The molecule has 0 spiro atoms. The molecule has 0 saturated heterocycles. The highest BCUT2D eigenvalue weighted by molar-refractivity contribution is 7.16. The van der Waals surface area contributed by atoms with E-state index in [2.05, 4.69) is 5.32 Å². The quantitative estimate of drug-likeness (QED) is 0.866. The molecule has 0 radical (unpaired) electrons. The smallest absolute Gasteiger partial charge is 0.341 e. The normalized spacial score (nSPS) is 26.3. The van der Waals surface area contributed by atoms with Crippen LogP contribution in [0, 0.1) is 31.6 Å². The van der Waals surface area contributed by atoms with Crippen LogP contribution >= 0.6 is 11.3 Å². The zero-order valence-corrected chi connectivity index (χ0v) is 13.5. The Labute approximate surface area is 128 Å². The molecular formula is C16H21NO3S. The number of hydrogen-bond acceptors (Lipinski definition) is 4. The minimum Gasteiger partial charge on any atom is -0.462 e. The fourth-order valence-electron chi connectivity index (χ4n) is 3.31. The molecule has 1 aromatic rings. The zero-order valence-electron chi connectivity index (χ0n) is 12.7. The van der Waals surface area contributed by atoms with Crippen molar-refractivity contribution in [1.29, 1.82) is 0 Å². The molecule has 1 heterocycles. The first-order valence-corrected chi connectivity index (χ1v) is 8.40. The van der Waals surface area contributed by atoms with E-state index in [0.717, 1.165) is 35.1 Å². The zero-order chi connectivity index (χ0) is 15.1. The van der Waals surface area contributed by atoms with E-state index in [1.54, 1.807) is 6.92 Å². The lowest BCUT2D eigenvalue weighted by atomic mass is 10.0. The monoisotopic (exact) mass is 307 g/mol. The summed E-state index contributed by atoms with van der Waals surface area (Å²) >= 11 is 1.46. The van der Waals surface area contributed by atoms with E-state index in [0.29, 0.717) is 17.2 Å². The first kappa shape index (κ1) is 14.6. The third kappa shape index (κ3) is 2.71. The van der Waals surface area contributed by atoms with Crippen LogP contribution in [0.5, 0.6) is 0 Å². The maximum Gasteiger partial charge on any atom is 0.341 e. The summed E-state index contributed by atoms with van der Waals surface area (Å²) in [5.41, 5.74) is 1.43. The van der Waals surface area contributed by atoms with Gasteiger partial charge >= 0.3 is 5.97 Å². The fraction of sp³-hybridized carbons (Fsp3) is 0.625. The molecule has 2 atom stereocenters. The Balaban J connectivity index is 1.76. The number of carbonyl (C=O) groups excluding carboxylic acids is 2. The maximum atomic E-state index is 12.4. The minimum atomic E-state index is -0.344.